The average molecular weight is 363 g/mol. The van der Waals surface area contributed by atoms with Crippen molar-refractivity contribution < 1.29 is 9.47 Å². The molecule has 2 rings (SSSR count). The van der Waals surface area contributed by atoms with Crippen LogP contribution in [0.15, 0.2) is 42.5 Å². The fourth-order valence-corrected chi connectivity index (χ4v) is 2.63. The summed E-state index contributed by atoms with van der Waals surface area (Å²) < 4.78 is 11.5. The lowest BCUT2D eigenvalue weighted by atomic mass is 10.1. The lowest BCUT2D eigenvalue weighted by Gasteiger charge is -2.16. The zero-order chi connectivity index (χ0) is 17.9. The van der Waals surface area contributed by atoms with Gasteiger partial charge in [0.1, 0.15) is 6.61 Å². The molecule has 2 aromatic carbocycles. The van der Waals surface area contributed by atoms with Gasteiger partial charge in [-0.1, -0.05) is 42.8 Å². The first-order chi connectivity index (χ1) is 12.2. The number of nitrogens with one attached hydrogen (secondary N) is 2. The monoisotopic (exact) mass is 362 g/mol. The fourth-order valence-electron chi connectivity index (χ4n) is 2.50. The van der Waals surface area contributed by atoms with Crippen LogP contribution in [-0.2, 0) is 13.2 Å². The molecule has 0 aliphatic rings. The second kappa shape index (κ2) is 11.0. The predicted molar refractivity (Wildman–Crippen MR) is 104 cm³/mol. The standard InChI is InChI=1S/C20H27ClN2O2/c1-3-22-12-5-13-23-14-17-6-4-7-19(24-2)20(17)25-15-16-8-10-18(21)11-9-16/h4,6-11,22-23H,3,5,12-15H2,1-2H3. The van der Waals surface area contributed by atoms with Gasteiger partial charge in [-0.3, -0.25) is 0 Å². The highest BCUT2D eigenvalue weighted by Crippen LogP contribution is 2.31. The van der Waals surface area contributed by atoms with E-state index in [1.54, 1.807) is 7.11 Å². The van der Waals surface area contributed by atoms with Gasteiger partial charge >= 0.3 is 0 Å². The Balaban J connectivity index is 1.96. The molecule has 136 valence electrons. The van der Waals surface area contributed by atoms with E-state index in [1.807, 2.05) is 36.4 Å². The normalized spacial score (nSPS) is 10.7. The smallest absolute Gasteiger partial charge is 0.166 e. The second-order valence-electron chi connectivity index (χ2n) is 5.75. The molecule has 4 nitrogen and oxygen atoms in total. The van der Waals surface area contributed by atoms with Crippen LogP contribution in [0.25, 0.3) is 0 Å². The van der Waals surface area contributed by atoms with E-state index in [-0.39, 0.29) is 0 Å². The van der Waals surface area contributed by atoms with Crippen LogP contribution in [0.5, 0.6) is 11.5 Å². The van der Waals surface area contributed by atoms with E-state index in [9.17, 15) is 0 Å². The Morgan fingerprint density at radius 1 is 1.00 bits per heavy atom. The molecular weight excluding hydrogens is 336 g/mol. The highest BCUT2D eigenvalue weighted by molar-refractivity contribution is 6.30. The molecule has 0 unspecified atom stereocenters. The Morgan fingerprint density at radius 3 is 2.48 bits per heavy atom. The summed E-state index contributed by atoms with van der Waals surface area (Å²) in [6, 6.07) is 13.7. The topological polar surface area (TPSA) is 42.5 Å². The maximum atomic E-state index is 6.06. The van der Waals surface area contributed by atoms with Crippen molar-refractivity contribution in [1.82, 2.24) is 10.6 Å². The number of hydrogen-bond acceptors (Lipinski definition) is 4. The molecule has 0 aliphatic heterocycles. The maximum Gasteiger partial charge on any atom is 0.166 e. The fraction of sp³-hybridized carbons (Fsp3) is 0.400. The second-order valence-corrected chi connectivity index (χ2v) is 6.18. The molecule has 0 heterocycles. The van der Waals surface area contributed by atoms with Crippen molar-refractivity contribution in [3.05, 3.63) is 58.6 Å². The minimum absolute atomic E-state index is 0.477. The quantitative estimate of drug-likeness (QED) is 0.592. The zero-order valence-electron chi connectivity index (χ0n) is 15.0. The van der Waals surface area contributed by atoms with Crippen molar-refractivity contribution in [2.75, 3.05) is 26.7 Å². The molecule has 25 heavy (non-hydrogen) atoms. The van der Waals surface area contributed by atoms with Gasteiger partial charge in [0, 0.05) is 17.1 Å². The number of benzene rings is 2. The van der Waals surface area contributed by atoms with Crippen molar-refractivity contribution in [3.63, 3.8) is 0 Å². The predicted octanol–water partition coefficient (Wildman–Crippen LogP) is 4.02. The first kappa shape index (κ1) is 19.6. The van der Waals surface area contributed by atoms with Crippen molar-refractivity contribution >= 4 is 11.6 Å². The Hall–Kier alpha value is -1.75. The van der Waals surface area contributed by atoms with E-state index >= 15 is 0 Å². The lowest BCUT2D eigenvalue weighted by molar-refractivity contribution is 0.280. The van der Waals surface area contributed by atoms with Crippen LogP contribution in [-0.4, -0.2) is 26.7 Å². The summed E-state index contributed by atoms with van der Waals surface area (Å²) in [5, 5.41) is 7.52. The first-order valence-corrected chi connectivity index (χ1v) is 9.07. The van der Waals surface area contributed by atoms with Gasteiger partial charge in [-0.05, 0) is 49.8 Å². The van der Waals surface area contributed by atoms with Gasteiger partial charge in [-0.25, -0.2) is 0 Å². The Bertz CT molecular complexity index is 632. The molecule has 0 amide bonds. The third-order valence-electron chi connectivity index (χ3n) is 3.85. The van der Waals surface area contributed by atoms with Gasteiger partial charge in [0.2, 0.25) is 0 Å². The van der Waals surface area contributed by atoms with Crippen LogP contribution in [0.1, 0.15) is 24.5 Å². The van der Waals surface area contributed by atoms with Crippen molar-refractivity contribution in [2.45, 2.75) is 26.5 Å². The molecule has 0 spiro atoms. The molecule has 2 N–H and O–H groups in total. The number of rotatable bonds is 11. The van der Waals surface area contributed by atoms with E-state index in [4.69, 9.17) is 21.1 Å². The van der Waals surface area contributed by atoms with Crippen LogP contribution in [0, 0.1) is 0 Å². The van der Waals surface area contributed by atoms with E-state index in [1.165, 1.54) is 0 Å². The number of halogens is 1. The van der Waals surface area contributed by atoms with Crippen molar-refractivity contribution in [3.8, 4) is 11.5 Å². The lowest BCUT2D eigenvalue weighted by Crippen LogP contribution is -2.21. The SMILES string of the molecule is CCNCCCNCc1cccc(OC)c1OCc1ccc(Cl)cc1. The number of methoxy groups -OCH3 is 1. The molecule has 0 saturated heterocycles. The van der Waals surface area contributed by atoms with Crippen molar-refractivity contribution in [1.29, 1.82) is 0 Å². The van der Waals surface area contributed by atoms with Gasteiger partial charge in [0.25, 0.3) is 0 Å². The van der Waals surface area contributed by atoms with Crippen LogP contribution in [0.4, 0.5) is 0 Å². The summed E-state index contributed by atoms with van der Waals surface area (Å²) in [4.78, 5) is 0. The molecule has 0 bridgehead atoms. The summed E-state index contributed by atoms with van der Waals surface area (Å²) in [6.07, 6.45) is 1.10. The molecular formula is C20H27ClN2O2. The highest BCUT2D eigenvalue weighted by Gasteiger charge is 2.10. The molecule has 0 fully saturated rings. The highest BCUT2D eigenvalue weighted by atomic mass is 35.5. The maximum absolute atomic E-state index is 6.06. The van der Waals surface area contributed by atoms with E-state index in [2.05, 4.69) is 23.6 Å². The van der Waals surface area contributed by atoms with Gasteiger partial charge in [0.05, 0.1) is 7.11 Å². The first-order valence-electron chi connectivity index (χ1n) is 8.69. The van der Waals surface area contributed by atoms with Crippen LogP contribution < -0.4 is 20.1 Å². The van der Waals surface area contributed by atoms with Crippen LogP contribution in [0.2, 0.25) is 5.02 Å². The third kappa shape index (κ3) is 6.58. The number of para-hydroxylation sites is 1. The molecule has 0 atom stereocenters. The largest absolute Gasteiger partial charge is 0.493 e. The van der Waals surface area contributed by atoms with E-state index in [0.717, 1.165) is 60.2 Å². The van der Waals surface area contributed by atoms with Crippen molar-refractivity contribution in [2.24, 2.45) is 0 Å². The molecule has 5 heteroatoms. The Kier molecular flexibility index (Phi) is 8.60. The number of hydrogen-bond donors (Lipinski definition) is 2. The summed E-state index contributed by atoms with van der Waals surface area (Å²) in [5.74, 6) is 1.54. The van der Waals surface area contributed by atoms with Crippen LogP contribution >= 0.6 is 11.6 Å². The summed E-state index contributed by atoms with van der Waals surface area (Å²) in [7, 11) is 1.66. The van der Waals surface area contributed by atoms with E-state index < -0.39 is 0 Å². The summed E-state index contributed by atoms with van der Waals surface area (Å²) >= 11 is 5.93. The van der Waals surface area contributed by atoms with E-state index in [0.29, 0.717) is 6.61 Å². The number of ether oxygens (including phenoxy) is 2. The van der Waals surface area contributed by atoms with Gasteiger partial charge in [0.15, 0.2) is 11.5 Å². The summed E-state index contributed by atoms with van der Waals surface area (Å²) in [5.41, 5.74) is 2.16. The molecule has 0 radical (unpaired) electrons. The molecule has 0 aliphatic carbocycles. The molecule has 0 aromatic heterocycles. The Morgan fingerprint density at radius 2 is 1.76 bits per heavy atom. The van der Waals surface area contributed by atoms with Gasteiger partial charge in [-0.15, -0.1) is 0 Å². The minimum atomic E-state index is 0.477. The summed E-state index contributed by atoms with van der Waals surface area (Å²) in [6.45, 7) is 6.35. The van der Waals surface area contributed by atoms with Gasteiger partial charge in [-0.2, -0.15) is 0 Å². The van der Waals surface area contributed by atoms with Crippen LogP contribution in [0.3, 0.4) is 0 Å². The minimum Gasteiger partial charge on any atom is -0.493 e. The molecule has 0 saturated carbocycles. The Labute approximate surface area is 155 Å². The third-order valence-corrected chi connectivity index (χ3v) is 4.10. The zero-order valence-corrected chi connectivity index (χ0v) is 15.7. The average Bonchev–Trinajstić information content (AvgIpc) is 2.64. The van der Waals surface area contributed by atoms with Gasteiger partial charge < -0.3 is 20.1 Å². The molecule has 2 aromatic rings.